The molecule has 148 valence electrons. The van der Waals surface area contributed by atoms with Crippen LogP contribution in [0.15, 0.2) is 88.9 Å². The van der Waals surface area contributed by atoms with E-state index in [0.717, 1.165) is 4.31 Å². The van der Waals surface area contributed by atoms with Gasteiger partial charge in [-0.25, -0.2) is 18.2 Å². The zero-order chi connectivity index (χ0) is 20.9. The summed E-state index contributed by atoms with van der Waals surface area (Å²) in [7, 11) is -2.24. The Hall–Kier alpha value is -3.52. The van der Waals surface area contributed by atoms with Crippen molar-refractivity contribution in [1.29, 1.82) is 0 Å². The number of amides is 1. The molecule has 6 nitrogen and oxygen atoms in total. The monoisotopic (exact) mass is 411 g/mol. The third kappa shape index (κ3) is 4.85. The molecule has 0 spiro atoms. The lowest BCUT2D eigenvalue weighted by molar-refractivity contribution is 0.0955. The van der Waals surface area contributed by atoms with Crippen LogP contribution in [0.25, 0.3) is 0 Å². The highest BCUT2D eigenvalue weighted by Gasteiger charge is 2.21. The molecule has 3 aromatic carbocycles. The minimum Gasteiger partial charge on any atom is -0.269 e. The van der Waals surface area contributed by atoms with Crippen molar-refractivity contribution in [1.82, 2.24) is 5.43 Å². The number of halogens is 1. The first-order valence-electron chi connectivity index (χ1n) is 8.61. The van der Waals surface area contributed by atoms with Crippen molar-refractivity contribution in [3.05, 3.63) is 95.8 Å². The molecule has 3 aromatic rings. The van der Waals surface area contributed by atoms with Gasteiger partial charge in [-0.15, -0.1) is 0 Å². The van der Waals surface area contributed by atoms with Gasteiger partial charge in [-0.1, -0.05) is 30.3 Å². The number of benzene rings is 3. The van der Waals surface area contributed by atoms with Crippen LogP contribution >= 0.6 is 0 Å². The zero-order valence-corrected chi connectivity index (χ0v) is 16.3. The van der Waals surface area contributed by atoms with Crippen LogP contribution in [0.3, 0.4) is 0 Å². The Morgan fingerprint density at radius 1 is 0.966 bits per heavy atom. The number of hydrogen-bond donors (Lipinski definition) is 1. The molecular weight excluding hydrogens is 393 g/mol. The molecule has 0 aliphatic carbocycles. The first-order chi connectivity index (χ1) is 13.9. The van der Waals surface area contributed by atoms with Gasteiger partial charge >= 0.3 is 0 Å². The average molecular weight is 411 g/mol. The van der Waals surface area contributed by atoms with Gasteiger partial charge in [0.1, 0.15) is 5.82 Å². The maximum Gasteiger partial charge on any atom is 0.271 e. The number of nitrogens with zero attached hydrogens (tertiary/aromatic N) is 2. The van der Waals surface area contributed by atoms with Crippen LogP contribution in [0.2, 0.25) is 0 Å². The number of hydrazone groups is 1. The molecule has 29 heavy (non-hydrogen) atoms. The molecule has 0 atom stereocenters. The normalized spacial score (nSPS) is 11.4. The fourth-order valence-electron chi connectivity index (χ4n) is 2.49. The van der Waals surface area contributed by atoms with Gasteiger partial charge in [-0.3, -0.25) is 9.10 Å². The molecule has 0 aliphatic heterocycles. The molecule has 0 saturated carbocycles. The van der Waals surface area contributed by atoms with Crippen LogP contribution in [-0.2, 0) is 10.0 Å². The van der Waals surface area contributed by atoms with Gasteiger partial charge in [-0.2, -0.15) is 5.10 Å². The molecule has 8 heteroatoms. The van der Waals surface area contributed by atoms with Crippen LogP contribution in [0, 0.1) is 5.82 Å². The van der Waals surface area contributed by atoms with Gasteiger partial charge in [0, 0.05) is 12.6 Å². The Bertz CT molecular complexity index is 1110. The van der Waals surface area contributed by atoms with Crippen molar-refractivity contribution in [2.24, 2.45) is 5.10 Å². The molecule has 0 aromatic heterocycles. The van der Waals surface area contributed by atoms with E-state index in [4.69, 9.17) is 0 Å². The summed E-state index contributed by atoms with van der Waals surface area (Å²) in [6, 6.07) is 19.8. The van der Waals surface area contributed by atoms with Crippen molar-refractivity contribution in [3.8, 4) is 0 Å². The minimum absolute atomic E-state index is 0.180. The van der Waals surface area contributed by atoms with Crippen LogP contribution < -0.4 is 9.73 Å². The second kappa shape index (κ2) is 8.66. The highest BCUT2D eigenvalue weighted by Crippen LogP contribution is 2.22. The van der Waals surface area contributed by atoms with E-state index in [-0.39, 0.29) is 10.7 Å². The fraction of sp³-hybridized carbons (Fsp3) is 0.0476. The standard InChI is InChI=1S/C21H18FN3O3S/c1-25(29(27,28)20-5-3-2-4-6-20)19-13-9-17(10-14-19)21(26)24-23-15-16-7-11-18(22)12-8-16/h2-15H,1H3,(H,24,26). The van der Waals surface area contributed by atoms with Gasteiger partial charge in [0.2, 0.25) is 0 Å². The van der Waals surface area contributed by atoms with Crippen LogP contribution in [0.4, 0.5) is 10.1 Å². The van der Waals surface area contributed by atoms with Gasteiger partial charge in [-0.05, 0) is 54.1 Å². The van der Waals surface area contributed by atoms with E-state index < -0.39 is 15.9 Å². The summed E-state index contributed by atoms with van der Waals surface area (Å²) in [6.45, 7) is 0. The van der Waals surface area contributed by atoms with Crippen LogP contribution in [0.1, 0.15) is 15.9 Å². The van der Waals surface area contributed by atoms with Gasteiger partial charge in [0.15, 0.2) is 0 Å². The first-order valence-corrected chi connectivity index (χ1v) is 10.0. The molecule has 0 fully saturated rings. The number of nitrogens with one attached hydrogen (secondary N) is 1. The van der Waals surface area contributed by atoms with Crippen molar-refractivity contribution in [2.45, 2.75) is 4.90 Å². The number of sulfonamides is 1. The SMILES string of the molecule is CN(c1ccc(C(=O)NN=Cc2ccc(F)cc2)cc1)S(=O)(=O)c1ccccc1. The number of carbonyl (C=O) groups is 1. The molecule has 0 bridgehead atoms. The number of anilines is 1. The third-order valence-electron chi connectivity index (χ3n) is 4.14. The Morgan fingerprint density at radius 2 is 1.59 bits per heavy atom. The van der Waals surface area contributed by atoms with E-state index in [1.54, 1.807) is 30.3 Å². The maximum atomic E-state index is 12.9. The Balaban J connectivity index is 1.67. The first kappa shape index (κ1) is 20.2. The second-order valence-electron chi connectivity index (χ2n) is 6.08. The second-order valence-corrected chi connectivity index (χ2v) is 8.05. The van der Waals surface area contributed by atoms with Crippen LogP contribution in [0.5, 0.6) is 0 Å². The molecule has 3 rings (SSSR count). The highest BCUT2D eigenvalue weighted by atomic mass is 32.2. The Kier molecular flexibility index (Phi) is 6.04. The van der Waals surface area contributed by atoms with Crippen molar-refractivity contribution in [2.75, 3.05) is 11.4 Å². The molecule has 1 amide bonds. The largest absolute Gasteiger partial charge is 0.271 e. The van der Waals surface area contributed by atoms with Crippen LogP contribution in [-0.4, -0.2) is 27.6 Å². The number of carbonyl (C=O) groups excluding carboxylic acids is 1. The minimum atomic E-state index is -3.69. The Morgan fingerprint density at radius 3 is 2.21 bits per heavy atom. The summed E-state index contributed by atoms with van der Waals surface area (Å²) in [6.07, 6.45) is 1.39. The molecule has 0 saturated heterocycles. The van der Waals surface area contributed by atoms with E-state index in [9.17, 15) is 17.6 Å². The quantitative estimate of drug-likeness (QED) is 0.499. The van der Waals surface area contributed by atoms with E-state index in [1.807, 2.05) is 0 Å². The Labute approximate surface area is 168 Å². The summed E-state index contributed by atoms with van der Waals surface area (Å²) in [5, 5.41) is 3.83. The van der Waals surface area contributed by atoms with Gasteiger partial charge in [0.25, 0.3) is 15.9 Å². The molecule has 0 aliphatic rings. The van der Waals surface area contributed by atoms with Gasteiger partial charge in [0.05, 0.1) is 16.8 Å². The summed E-state index contributed by atoms with van der Waals surface area (Å²) < 4.78 is 39.3. The van der Waals surface area contributed by atoms with E-state index in [1.165, 1.54) is 61.8 Å². The van der Waals surface area contributed by atoms with E-state index in [2.05, 4.69) is 10.5 Å². The molecule has 1 N–H and O–H groups in total. The summed E-state index contributed by atoms with van der Waals surface area (Å²) >= 11 is 0. The van der Waals surface area contributed by atoms with E-state index in [0.29, 0.717) is 16.8 Å². The summed E-state index contributed by atoms with van der Waals surface area (Å²) in [5.41, 5.74) is 3.74. The smallest absolute Gasteiger partial charge is 0.269 e. The molecule has 0 heterocycles. The maximum absolute atomic E-state index is 12.9. The van der Waals surface area contributed by atoms with Crippen molar-refractivity contribution < 1.29 is 17.6 Å². The third-order valence-corrected chi connectivity index (χ3v) is 5.94. The van der Waals surface area contributed by atoms with Crippen molar-refractivity contribution >= 4 is 27.8 Å². The lowest BCUT2D eigenvalue weighted by atomic mass is 10.2. The highest BCUT2D eigenvalue weighted by molar-refractivity contribution is 7.92. The molecule has 0 unspecified atom stereocenters. The average Bonchev–Trinajstić information content (AvgIpc) is 2.75. The predicted octanol–water partition coefficient (Wildman–Crippen LogP) is 3.41. The number of hydrogen-bond acceptors (Lipinski definition) is 4. The molecule has 0 radical (unpaired) electrons. The molecular formula is C21H18FN3O3S. The predicted molar refractivity (Wildman–Crippen MR) is 110 cm³/mol. The van der Waals surface area contributed by atoms with Crippen molar-refractivity contribution in [3.63, 3.8) is 0 Å². The topological polar surface area (TPSA) is 78.8 Å². The summed E-state index contributed by atoms with van der Waals surface area (Å²) in [5.74, 6) is -0.811. The number of rotatable bonds is 6. The van der Waals surface area contributed by atoms with E-state index >= 15 is 0 Å². The lowest BCUT2D eigenvalue weighted by Gasteiger charge is -2.19. The lowest BCUT2D eigenvalue weighted by Crippen LogP contribution is -2.26. The fourth-order valence-corrected chi connectivity index (χ4v) is 3.71. The summed E-state index contributed by atoms with van der Waals surface area (Å²) in [4.78, 5) is 12.4. The van der Waals surface area contributed by atoms with Gasteiger partial charge < -0.3 is 0 Å². The zero-order valence-electron chi connectivity index (χ0n) is 15.5.